The van der Waals surface area contributed by atoms with Gasteiger partial charge in [-0.2, -0.15) is 18.3 Å². The number of Topliss-reactive ketones (excluding diaryl/α,β-unsaturated/α-hetero) is 1. The van der Waals surface area contributed by atoms with Gasteiger partial charge in [-0.05, 0) is 26.0 Å². The number of nitrogens with one attached hydrogen (secondary N) is 1. The van der Waals surface area contributed by atoms with Crippen LogP contribution >= 0.6 is 0 Å². The van der Waals surface area contributed by atoms with E-state index in [0.717, 1.165) is 18.3 Å². The molecule has 1 aromatic heterocycles. The maximum Gasteiger partial charge on any atom is 0.454 e. The van der Waals surface area contributed by atoms with Crippen LogP contribution in [0.5, 0.6) is 0 Å². The lowest BCUT2D eigenvalue weighted by Gasteiger charge is -2.13. The normalized spacial score (nSPS) is 12.2. The Morgan fingerprint density at radius 3 is 2.54 bits per heavy atom. The third kappa shape index (κ3) is 3.75. The molecule has 1 aromatic carbocycles. The fraction of sp³-hybridized carbons (Fsp3) is 0.286. The Bertz CT molecular complexity index is 873. The number of halogens is 3. The number of carbonyl (C=O) groups is 1. The number of aryl methyl sites for hydroxylation is 2. The molecule has 0 saturated carbocycles. The Kier molecular flexibility index (Phi) is 4.70. The van der Waals surface area contributed by atoms with Gasteiger partial charge in [-0.25, -0.2) is 8.42 Å². The summed E-state index contributed by atoms with van der Waals surface area (Å²) in [7, 11) is -4.17. The second kappa shape index (κ2) is 6.27. The number of sulfonamides is 1. The fourth-order valence-electron chi connectivity index (χ4n) is 1.95. The third-order valence-corrected chi connectivity index (χ3v) is 4.49. The lowest BCUT2D eigenvalue weighted by molar-refractivity contribution is -0.0884. The number of alkyl halides is 3. The highest BCUT2D eigenvalue weighted by Gasteiger charge is 2.41. The van der Waals surface area contributed by atoms with Crippen LogP contribution in [-0.4, -0.2) is 30.2 Å². The van der Waals surface area contributed by atoms with Gasteiger partial charge in [0.1, 0.15) is 4.90 Å². The molecule has 0 aliphatic carbocycles. The molecule has 0 aliphatic rings. The molecule has 10 heteroatoms. The van der Waals surface area contributed by atoms with Gasteiger partial charge in [0.25, 0.3) is 15.8 Å². The lowest BCUT2D eigenvalue weighted by atomic mass is 10.1. The lowest BCUT2D eigenvalue weighted by Crippen LogP contribution is -2.25. The molecule has 24 heavy (non-hydrogen) atoms. The predicted molar refractivity (Wildman–Crippen MR) is 80.3 cm³/mol. The average Bonchev–Trinajstić information content (AvgIpc) is 2.97. The molecule has 0 atom stereocenters. The summed E-state index contributed by atoms with van der Waals surface area (Å²) in [4.78, 5) is 11.3. The number of anilines is 1. The van der Waals surface area contributed by atoms with Gasteiger partial charge >= 0.3 is 6.18 Å². The number of rotatable bonds is 5. The number of hydrogen-bond donors (Lipinski definition) is 1. The van der Waals surface area contributed by atoms with Gasteiger partial charge in [-0.3, -0.25) is 14.2 Å². The van der Waals surface area contributed by atoms with E-state index in [1.54, 1.807) is 6.92 Å². The van der Waals surface area contributed by atoms with Crippen LogP contribution in [0.25, 0.3) is 0 Å². The van der Waals surface area contributed by atoms with Crippen molar-refractivity contribution in [1.29, 1.82) is 0 Å². The van der Waals surface area contributed by atoms with E-state index in [9.17, 15) is 26.4 Å². The Hall–Kier alpha value is -2.36. The van der Waals surface area contributed by atoms with E-state index < -0.39 is 33.2 Å². The van der Waals surface area contributed by atoms with Crippen molar-refractivity contribution in [2.24, 2.45) is 0 Å². The first-order chi connectivity index (χ1) is 11.0. The highest BCUT2D eigenvalue weighted by Crippen LogP contribution is 2.28. The molecule has 0 saturated heterocycles. The van der Waals surface area contributed by atoms with E-state index in [0.29, 0.717) is 12.1 Å². The third-order valence-electron chi connectivity index (χ3n) is 3.17. The number of carbonyl (C=O) groups excluding carboxylic acids is 1. The molecular weight excluding hydrogens is 347 g/mol. The summed E-state index contributed by atoms with van der Waals surface area (Å²) in [5.41, 5.74) is -0.800. The molecule has 0 amide bonds. The quantitative estimate of drug-likeness (QED) is 0.831. The van der Waals surface area contributed by atoms with Crippen molar-refractivity contribution < 1.29 is 26.4 Å². The molecule has 0 spiro atoms. The van der Waals surface area contributed by atoms with Crippen molar-refractivity contribution in [2.75, 3.05) is 4.72 Å². The number of aromatic nitrogens is 2. The van der Waals surface area contributed by atoms with Crippen molar-refractivity contribution in [2.45, 2.75) is 31.5 Å². The molecule has 0 unspecified atom stereocenters. The molecule has 0 aliphatic heterocycles. The van der Waals surface area contributed by atoms with Crippen LogP contribution in [0.1, 0.15) is 22.8 Å². The summed E-state index contributed by atoms with van der Waals surface area (Å²) >= 11 is 0. The summed E-state index contributed by atoms with van der Waals surface area (Å²) in [6, 6.07) is 3.51. The molecule has 1 heterocycles. The zero-order chi connectivity index (χ0) is 18.1. The topological polar surface area (TPSA) is 81.1 Å². The average molecular weight is 361 g/mol. The van der Waals surface area contributed by atoms with Gasteiger partial charge in [-0.1, -0.05) is 11.6 Å². The van der Waals surface area contributed by atoms with Gasteiger partial charge in [0.15, 0.2) is 0 Å². The van der Waals surface area contributed by atoms with Crippen LogP contribution in [0.3, 0.4) is 0 Å². The van der Waals surface area contributed by atoms with Crippen LogP contribution < -0.4 is 4.72 Å². The van der Waals surface area contributed by atoms with E-state index in [-0.39, 0.29) is 4.90 Å². The molecule has 0 radical (unpaired) electrons. The number of ketones is 1. The first kappa shape index (κ1) is 18.0. The van der Waals surface area contributed by atoms with Crippen LogP contribution in [-0.2, 0) is 16.6 Å². The summed E-state index contributed by atoms with van der Waals surface area (Å²) in [6.07, 6.45) is -2.80. The van der Waals surface area contributed by atoms with Gasteiger partial charge in [0.2, 0.25) is 0 Å². The second-order valence-corrected chi connectivity index (χ2v) is 6.70. The van der Waals surface area contributed by atoms with Crippen LogP contribution in [0.15, 0.2) is 35.5 Å². The highest BCUT2D eigenvalue weighted by atomic mass is 32.2. The maximum atomic E-state index is 12.7. The van der Waals surface area contributed by atoms with Gasteiger partial charge in [0, 0.05) is 12.7 Å². The van der Waals surface area contributed by atoms with E-state index >= 15 is 0 Å². The van der Waals surface area contributed by atoms with E-state index in [4.69, 9.17) is 0 Å². The summed E-state index contributed by atoms with van der Waals surface area (Å²) in [5, 5.41) is 3.80. The van der Waals surface area contributed by atoms with Crippen molar-refractivity contribution in [1.82, 2.24) is 9.78 Å². The summed E-state index contributed by atoms with van der Waals surface area (Å²) in [5.74, 6) is -2.12. The number of nitrogens with zero attached hydrogens (tertiary/aromatic N) is 2. The molecule has 0 fully saturated rings. The number of hydrogen-bond acceptors (Lipinski definition) is 4. The summed E-state index contributed by atoms with van der Waals surface area (Å²) in [6.45, 7) is 3.67. The van der Waals surface area contributed by atoms with Crippen LogP contribution in [0.2, 0.25) is 0 Å². The second-order valence-electron chi connectivity index (χ2n) is 5.01. The van der Waals surface area contributed by atoms with E-state index in [2.05, 4.69) is 5.10 Å². The maximum absolute atomic E-state index is 12.7. The standard InChI is InChI=1S/C14H14F3N3O3S/c1-3-20-8-10(7-18-20)24(22,23)19-12-5-4-9(2)6-11(12)13(21)14(15,16)17/h4-8,19H,3H2,1-2H3. The van der Waals surface area contributed by atoms with Gasteiger partial charge < -0.3 is 0 Å². The molecule has 2 rings (SSSR count). The molecule has 2 aromatic rings. The SMILES string of the molecule is CCn1cc(S(=O)(=O)Nc2ccc(C)cc2C(=O)C(F)(F)F)cn1. The zero-order valence-corrected chi connectivity index (χ0v) is 13.6. The first-order valence-corrected chi connectivity index (χ1v) is 8.30. The van der Waals surface area contributed by atoms with Crippen molar-refractivity contribution >= 4 is 21.5 Å². The highest BCUT2D eigenvalue weighted by molar-refractivity contribution is 7.92. The minimum atomic E-state index is -5.11. The van der Waals surface area contributed by atoms with E-state index in [1.165, 1.54) is 23.9 Å². The molecule has 0 bridgehead atoms. The van der Waals surface area contributed by atoms with E-state index in [1.807, 2.05) is 4.72 Å². The monoisotopic (exact) mass is 361 g/mol. The van der Waals surface area contributed by atoms with Crippen LogP contribution in [0.4, 0.5) is 18.9 Å². The smallest absolute Gasteiger partial charge is 0.284 e. The number of benzene rings is 1. The predicted octanol–water partition coefficient (Wildman–Crippen LogP) is 2.76. The Morgan fingerprint density at radius 1 is 1.33 bits per heavy atom. The van der Waals surface area contributed by atoms with Gasteiger partial charge in [0.05, 0.1) is 17.4 Å². The Morgan fingerprint density at radius 2 is 2.00 bits per heavy atom. The first-order valence-electron chi connectivity index (χ1n) is 6.82. The molecule has 130 valence electrons. The van der Waals surface area contributed by atoms with Gasteiger partial charge in [-0.15, -0.1) is 0 Å². The Balaban J connectivity index is 2.44. The molecule has 6 nitrogen and oxygen atoms in total. The van der Waals surface area contributed by atoms with Crippen LogP contribution in [0, 0.1) is 6.92 Å². The Labute approximate surface area is 136 Å². The largest absolute Gasteiger partial charge is 0.454 e. The molecule has 1 N–H and O–H groups in total. The summed E-state index contributed by atoms with van der Waals surface area (Å²) < 4.78 is 66.1. The van der Waals surface area contributed by atoms with Crippen molar-refractivity contribution in [3.8, 4) is 0 Å². The minimum Gasteiger partial charge on any atom is -0.284 e. The minimum absolute atomic E-state index is 0.213. The zero-order valence-electron chi connectivity index (χ0n) is 12.8. The molecular formula is C14H14F3N3O3S. The fourth-order valence-corrected chi connectivity index (χ4v) is 2.98. The van der Waals surface area contributed by atoms with Crippen molar-refractivity contribution in [3.05, 3.63) is 41.7 Å². The van der Waals surface area contributed by atoms with Crippen molar-refractivity contribution in [3.63, 3.8) is 0 Å².